The first-order valence-electron chi connectivity index (χ1n) is 10.1. The van der Waals surface area contributed by atoms with Gasteiger partial charge in [0.2, 0.25) is 11.8 Å². The minimum absolute atomic E-state index is 0.462. The molecule has 4 aromatic rings. The van der Waals surface area contributed by atoms with Gasteiger partial charge in [-0.2, -0.15) is 4.98 Å². The summed E-state index contributed by atoms with van der Waals surface area (Å²) in [5, 5.41) is 0. The molecule has 0 spiro atoms. The summed E-state index contributed by atoms with van der Waals surface area (Å²) in [6.45, 7) is 4.07. The standard InChI is InChI=1S/C25H24N4O2S/c1-17-9-4-6-13-21(17)22-16-24(31-23-14-7-5-10-18(23)2)27-25(26-22)29-32-20-12-8-11-19(15-20)28-30-3/h4-16,28H,1-3H3,(H,26,27,29). The molecular weight excluding hydrogens is 420 g/mol. The molecule has 0 saturated heterocycles. The monoisotopic (exact) mass is 444 g/mol. The Labute approximate surface area is 192 Å². The van der Waals surface area contributed by atoms with Gasteiger partial charge in [-0.15, -0.1) is 0 Å². The fourth-order valence-electron chi connectivity index (χ4n) is 3.15. The van der Waals surface area contributed by atoms with E-state index in [1.54, 1.807) is 7.11 Å². The van der Waals surface area contributed by atoms with Gasteiger partial charge < -0.3 is 4.74 Å². The number of nitrogens with zero attached hydrogens (tertiary/aromatic N) is 2. The van der Waals surface area contributed by atoms with Crippen molar-refractivity contribution in [3.05, 3.63) is 90.0 Å². The third-order valence-corrected chi connectivity index (χ3v) is 5.52. The first-order chi connectivity index (χ1) is 15.6. The second-order valence-corrected chi connectivity index (χ2v) is 8.02. The van der Waals surface area contributed by atoms with E-state index in [0.29, 0.717) is 11.8 Å². The Bertz CT molecular complexity index is 1220. The van der Waals surface area contributed by atoms with Crippen LogP contribution in [0.3, 0.4) is 0 Å². The molecule has 4 rings (SSSR count). The lowest BCUT2D eigenvalue weighted by Gasteiger charge is -2.13. The number of benzene rings is 3. The molecule has 0 aliphatic heterocycles. The fraction of sp³-hybridized carbons (Fsp3) is 0.120. The molecule has 0 atom stereocenters. The number of rotatable bonds is 8. The van der Waals surface area contributed by atoms with Crippen LogP contribution in [0.2, 0.25) is 0 Å². The van der Waals surface area contributed by atoms with Gasteiger partial charge in [0.1, 0.15) is 5.75 Å². The van der Waals surface area contributed by atoms with Crippen LogP contribution in [0.4, 0.5) is 11.6 Å². The van der Waals surface area contributed by atoms with Crippen LogP contribution in [0, 0.1) is 13.8 Å². The number of hydrogen-bond acceptors (Lipinski definition) is 7. The van der Waals surface area contributed by atoms with Gasteiger partial charge in [-0.1, -0.05) is 48.5 Å². The van der Waals surface area contributed by atoms with E-state index in [4.69, 9.17) is 14.6 Å². The average molecular weight is 445 g/mol. The molecule has 0 aliphatic rings. The average Bonchev–Trinajstić information content (AvgIpc) is 2.80. The zero-order chi connectivity index (χ0) is 22.3. The topological polar surface area (TPSA) is 68.3 Å². The van der Waals surface area contributed by atoms with Crippen molar-refractivity contribution >= 4 is 23.6 Å². The number of anilines is 2. The highest BCUT2D eigenvalue weighted by Crippen LogP contribution is 2.31. The number of nitrogens with one attached hydrogen (secondary N) is 2. The van der Waals surface area contributed by atoms with Crippen LogP contribution >= 0.6 is 11.9 Å². The van der Waals surface area contributed by atoms with E-state index in [1.165, 1.54) is 11.9 Å². The fourth-order valence-corrected chi connectivity index (χ4v) is 3.78. The highest BCUT2D eigenvalue weighted by atomic mass is 32.2. The van der Waals surface area contributed by atoms with Gasteiger partial charge in [-0.3, -0.25) is 15.0 Å². The maximum absolute atomic E-state index is 6.13. The maximum Gasteiger partial charge on any atom is 0.237 e. The second-order valence-electron chi connectivity index (χ2n) is 7.14. The first kappa shape index (κ1) is 21.7. The Morgan fingerprint density at radius 2 is 1.59 bits per heavy atom. The van der Waals surface area contributed by atoms with Gasteiger partial charge in [-0.05, 0) is 61.2 Å². The molecule has 3 aromatic carbocycles. The van der Waals surface area contributed by atoms with Crippen LogP contribution in [0.15, 0.2) is 83.8 Å². The van der Waals surface area contributed by atoms with E-state index < -0.39 is 0 Å². The number of aromatic nitrogens is 2. The lowest BCUT2D eigenvalue weighted by atomic mass is 10.1. The lowest BCUT2D eigenvalue weighted by Crippen LogP contribution is -2.00. The number of hydrogen-bond donors (Lipinski definition) is 2. The second kappa shape index (κ2) is 10.2. The molecule has 0 fully saturated rings. The van der Waals surface area contributed by atoms with Crippen molar-refractivity contribution in [1.82, 2.24) is 9.97 Å². The Kier molecular flexibility index (Phi) is 6.89. The van der Waals surface area contributed by atoms with Crippen LogP contribution in [-0.4, -0.2) is 17.1 Å². The van der Waals surface area contributed by atoms with Crippen LogP contribution in [-0.2, 0) is 4.84 Å². The molecule has 0 unspecified atom stereocenters. The van der Waals surface area contributed by atoms with Gasteiger partial charge in [0.05, 0.1) is 18.5 Å². The lowest BCUT2D eigenvalue weighted by molar-refractivity contribution is 0.271. The zero-order valence-corrected chi connectivity index (χ0v) is 18.9. The van der Waals surface area contributed by atoms with E-state index in [0.717, 1.165) is 38.7 Å². The van der Waals surface area contributed by atoms with Crippen LogP contribution < -0.4 is 14.9 Å². The smallest absolute Gasteiger partial charge is 0.237 e. The predicted octanol–water partition coefficient (Wildman–Crippen LogP) is 6.65. The summed E-state index contributed by atoms with van der Waals surface area (Å²) >= 11 is 1.41. The van der Waals surface area contributed by atoms with Gasteiger partial charge in [0, 0.05) is 16.5 Å². The van der Waals surface area contributed by atoms with Crippen molar-refractivity contribution in [2.75, 3.05) is 17.3 Å². The molecule has 32 heavy (non-hydrogen) atoms. The molecule has 0 amide bonds. The Morgan fingerprint density at radius 3 is 2.38 bits per heavy atom. The predicted molar refractivity (Wildman–Crippen MR) is 130 cm³/mol. The molecular formula is C25H24N4O2S. The van der Waals surface area contributed by atoms with Crippen molar-refractivity contribution in [3.8, 4) is 22.9 Å². The highest BCUT2D eigenvalue weighted by Gasteiger charge is 2.12. The van der Waals surface area contributed by atoms with E-state index in [-0.39, 0.29) is 0 Å². The molecule has 162 valence electrons. The summed E-state index contributed by atoms with van der Waals surface area (Å²) in [6.07, 6.45) is 0. The number of para-hydroxylation sites is 1. The quantitative estimate of drug-likeness (QED) is 0.233. The normalized spacial score (nSPS) is 10.6. The van der Waals surface area contributed by atoms with E-state index in [1.807, 2.05) is 79.7 Å². The van der Waals surface area contributed by atoms with E-state index in [9.17, 15) is 0 Å². The maximum atomic E-state index is 6.13. The van der Waals surface area contributed by atoms with E-state index >= 15 is 0 Å². The minimum Gasteiger partial charge on any atom is -0.439 e. The first-order valence-corrected chi connectivity index (χ1v) is 10.9. The zero-order valence-electron chi connectivity index (χ0n) is 18.1. The summed E-state index contributed by atoms with van der Waals surface area (Å²) < 4.78 is 9.37. The minimum atomic E-state index is 0.462. The molecule has 7 heteroatoms. The number of ether oxygens (including phenoxy) is 1. The molecule has 0 aliphatic carbocycles. The molecule has 1 heterocycles. The van der Waals surface area contributed by atoms with E-state index in [2.05, 4.69) is 28.2 Å². The Hall–Kier alpha value is -3.55. The van der Waals surface area contributed by atoms with Crippen molar-refractivity contribution in [1.29, 1.82) is 0 Å². The van der Waals surface area contributed by atoms with Crippen molar-refractivity contribution < 1.29 is 9.57 Å². The molecule has 0 saturated carbocycles. The van der Waals surface area contributed by atoms with Crippen LogP contribution in [0.1, 0.15) is 11.1 Å². The molecule has 1 aromatic heterocycles. The Balaban J connectivity index is 1.65. The van der Waals surface area contributed by atoms with Gasteiger partial charge in [0.25, 0.3) is 0 Å². The number of aryl methyl sites for hydroxylation is 2. The molecule has 0 radical (unpaired) electrons. The Morgan fingerprint density at radius 1 is 0.812 bits per heavy atom. The highest BCUT2D eigenvalue weighted by molar-refractivity contribution is 8.00. The third-order valence-electron chi connectivity index (χ3n) is 4.75. The summed E-state index contributed by atoms with van der Waals surface area (Å²) in [6, 6.07) is 25.7. The molecule has 6 nitrogen and oxygen atoms in total. The van der Waals surface area contributed by atoms with Crippen molar-refractivity contribution in [2.24, 2.45) is 0 Å². The van der Waals surface area contributed by atoms with Crippen molar-refractivity contribution in [3.63, 3.8) is 0 Å². The van der Waals surface area contributed by atoms with Gasteiger partial charge >= 0.3 is 0 Å². The van der Waals surface area contributed by atoms with Gasteiger partial charge in [-0.25, -0.2) is 4.98 Å². The van der Waals surface area contributed by atoms with Crippen LogP contribution in [0.25, 0.3) is 11.3 Å². The molecule has 2 N–H and O–H groups in total. The third kappa shape index (κ3) is 5.38. The summed E-state index contributed by atoms with van der Waals surface area (Å²) in [5.41, 5.74) is 7.68. The largest absolute Gasteiger partial charge is 0.439 e. The van der Waals surface area contributed by atoms with Gasteiger partial charge in [0.15, 0.2) is 0 Å². The SMILES string of the molecule is CONc1cccc(SNc2nc(Oc3ccccc3C)cc(-c3ccccc3C)n2)c1. The summed E-state index contributed by atoms with van der Waals surface area (Å²) in [7, 11) is 1.58. The summed E-state index contributed by atoms with van der Waals surface area (Å²) in [4.78, 5) is 15.3. The summed E-state index contributed by atoms with van der Waals surface area (Å²) in [5.74, 6) is 1.70. The van der Waals surface area contributed by atoms with Crippen molar-refractivity contribution in [2.45, 2.75) is 18.7 Å². The van der Waals surface area contributed by atoms with Crippen LogP contribution in [0.5, 0.6) is 11.6 Å². The molecule has 0 bridgehead atoms.